The van der Waals surface area contributed by atoms with E-state index in [4.69, 9.17) is 19.1 Å². The number of ether oxygens (including phenoxy) is 2. The fourth-order valence-corrected chi connectivity index (χ4v) is 7.18. The summed E-state index contributed by atoms with van der Waals surface area (Å²) in [6.07, 6.45) is 39.0. The molecule has 0 aromatic carbocycles. The quantitative estimate of drug-likeness (QED) is 0.0235. The molecule has 0 aliphatic carbocycles. The van der Waals surface area contributed by atoms with Crippen molar-refractivity contribution in [3.63, 3.8) is 0 Å². The molecule has 3 atom stereocenters. The first-order valence-electron chi connectivity index (χ1n) is 22.6. The van der Waals surface area contributed by atoms with Crippen molar-refractivity contribution in [2.75, 3.05) is 26.4 Å². The summed E-state index contributed by atoms with van der Waals surface area (Å²) in [4.78, 5) is 34.9. The first-order valence-corrected chi connectivity index (χ1v) is 24.1. The summed E-state index contributed by atoms with van der Waals surface area (Å²) in [5.74, 6) is -0.925. The minimum Gasteiger partial charge on any atom is -0.462 e. The number of allylic oxidation sites excluding steroid dienone is 2. The summed E-state index contributed by atoms with van der Waals surface area (Å²) in [5.41, 5.74) is 0. The highest BCUT2D eigenvalue weighted by molar-refractivity contribution is 7.47. The number of hydrogen-bond donors (Lipinski definition) is 3. The monoisotopic (exact) mass is 805 g/mol. The Morgan fingerprint density at radius 2 is 0.909 bits per heavy atom. The van der Waals surface area contributed by atoms with E-state index in [1.807, 2.05) is 0 Å². The molecule has 326 valence electrons. The molecule has 0 aromatic rings. The maximum Gasteiger partial charge on any atom is 0.472 e. The normalized spacial score (nSPS) is 13.9. The summed E-state index contributed by atoms with van der Waals surface area (Å²) >= 11 is 0. The molecule has 0 fully saturated rings. The molecule has 0 saturated carbocycles. The van der Waals surface area contributed by atoms with E-state index in [-0.39, 0.29) is 19.4 Å². The van der Waals surface area contributed by atoms with Gasteiger partial charge in [-0.2, -0.15) is 0 Å². The Hall–Kier alpha value is -1.29. The molecular weight excluding hydrogens is 719 g/mol. The molecule has 0 aliphatic rings. The number of esters is 2. The highest BCUT2D eigenvalue weighted by Gasteiger charge is 2.27. The van der Waals surface area contributed by atoms with Gasteiger partial charge in [0.15, 0.2) is 6.10 Å². The number of phosphoric acid groups is 1. The van der Waals surface area contributed by atoms with Crippen molar-refractivity contribution in [3.05, 3.63) is 12.2 Å². The van der Waals surface area contributed by atoms with Gasteiger partial charge < -0.3 is 24.6 Å². The van der Waals surface area contributed by atoms with Crippen molar-refractivity contribution in [2.24, 2.45) is 0 Å². The lowest BCUT2D eigenvalue weighted by atomic mass is 10.0. The van der Waals surface area contributed by atoms with Gasteiger partial charge in [-0.05, 0) is 32.1 Å². The minimum absolute atomic E-state index is 0.177. The molecule has 0 spiro atoms. The Bertz CT molecular complexity index is 930. The fraction of sp³-hybridized carbons (Fsp3) is 0.909. The number of carbonyl (C=O) groups is 2. The van der Waals surface area contributed by atoms with Crippen molar-refractivity contribution in [2.45, 2.75) is 232 Å². The Kier molecular flexibility index (Phi) is 39.9. The number of rotatable bonds is 43. The van der Waals surface area contributed by atoms with Gasteiger partial charge in [-0.25, -0.2) is 4.57 Å². The molecule has 0 aliphatic heterocycles. The summed E-state index contributed by atoms with van der Waals surface area (Å²) in [5, 5.41) is 18.3. The van der Waals surface area contributed by atoms with Crippen LogP contribution in [0.2, 0.25) is 0 Å². The molecule has 55 heavy (non-hydrogen) atoms. The van der Waals surface area contributed by atoms with E-state index in [1.54, 1.807) is 0 Å². The molecule has 10 nitrogen and oxygen atoms in total. The first kappa shape index (κ1) is 53.7. The molecule has 0 bridgehead atoms. The number of carbonyl (C=O) groups excluding carboxylic acids is 2. The van der Waals surface area contributed by atoms with Crippen LogP contribution in [0.5, 0.6) is 0 Å². The van der Waals surface area contributed by atoms with Gasteiger partial charge in [0.2, 0.25) is 0 Å². The second-order valence-corrected chi connectivity index (χ2v) is 16.9. The van der Waals surface area contributed by atoms with Crippen LogP contribution in [0.4, 0.5) is 0 Å². The summed E-state index contributed by atoms with van der Waals surface area (Å²) in [6, 6.07) is 0. The van der Waals surface area contributed by atoms with Crippen LogP contribution >= 0.6 is 7.82 Å². The molecule has 0 aromatic heterocycles. The van der Waals surface area contributed by atoms with Gasteiger partial charge in [0, 0.05) is 12.8 Å². The van der Waals surface area contributed by atoms with E-state index >= 15 is 0 Å². The zero-order chi connectivity index (χ0) is 40.5. The molecule has 0 radical (unpaired) electrons. The largest absolute Gasteiger partial charge is 0.472 e. The summed E-state index contributed by atoms with van der Waals surface area (Å²) < 4.78 is 32.7. The van der Waals surface area contributed by atoms with Crippen molar-refractivity contribution >= 4 is 19.8 Å². The van der Waals surface area contributed by atoms with E-state index in [9.17, 15) is 24.2 Å². The van der Waals surface area contributed by atoms with Crippen LogP contribution in [-0.2, 0) is 32.7 Å². The lowest BCUT2D eigenvalue weighted by Crippen LogP contribution is -2.29. The van der Waals surface area contributed by atoms with Crippen LogP contribution in [0.1, 0.15) is 219 Å². The van der Waals surface area contributed by atoms with Gasteiger partial charge in [-0.15, -0.1) is 0 Å². The molecule has 0 rings (SSSR count). The SMILES string of the molecule is CCCC/C=C/CCCCCCCC(=O)O[C@@H](COC(=O)CCCCCCCCCCCCCCCCCCCCCCC)COP(=O)(O)OC[C@H](O)CO. The van der Waals surface area contributed by atoms with Crippen molar-refractivity contribution in [1.82, 2.24) is 0 Å². The Balaban J connectivity index is 4.13. The predicted molar refractivity (Wildman–Crippen MR) is 224 cm³/mol. The highest BCUT2D eigenvalue weighted by Crippen LogP contribution is 2.43. The maximum absolute atomic E-state index is 12.6. The number of hydrogen-bond acceptors (Lipinski definition) is 9. The maximum atomic E-state index is 12.6. The van der Waals surface area contributed by atoms with Gasteiger partial charge in [-0.3, -0.25) is 18.6 Å². The van der Waals surface area contributed by atoms with Crippen LogP contribution in [0.3, 0.4) is 0 Å². The molecule has 0 saturated heterocycles. The average molecular weight is 805 g/mol. The molecule has 3 N–H and O–H groups in total. The van der Waals surface area contributed by atoms with Crippen LogP contribution in [0.25, 0.3) is 0 Å². The average Bonchev–Trinajstić information content (AvgIpc) is 3.17. The Morgan fingerprint density at radius 3 is 1.36 bits per heavy atom. The summed E-state index contributed by atoms with van der Waals surface area (Å²) in [6.45, 7) is 2.36. The third-order valence-electron chi connectivity index (χ3n) is 9.92. The standard InChI is InChI=1S/C44H85O10P/c1-3-5-7-9-11-13-15-16-17-18-19-20-21-22-23-24-26-27-29-31-33-35-43(47)51-39-42(40-53-55(49,50)52-38-41(46)37-45)54-44(48)36-34-32-30-28-25-14-12-10-8-6-4-2/h10,12,41-42,45-46H,3-9,11,13-40H2,1-2H3,(H,49,50)/b12-10+/t41-,42+/m1/s1. The molecule has 1 unspecified atom stereocenters. The van der Waals surface area contributed by atoms with Gasteiger partial charge in [0.1, 0.15) is 12.7 Å². The molecular formula is C44H85O10P. The Morgan fingerprint density at radius 1 is 0.527 bits per heavy atom. The number of phosphoric ester groups is 1. The molecule has 11 heteroatoms. The van der Waals surface area contributed by atoms with Gasteiger partial charge in [0.05, 0.1) is 19.8 Å². The van der Waals surface area contributed by atoms with Gasteiger partial charge >= 0.3 is 19.8 Å². The molecule has 0 amide bonds. The highest BCUT2D eigenvalue weighted by atomic mass is 31.2. The van der Waals surface area contributed by atoms with E-state index in [2.05, 4.69) is 30.5 Å². The molecule has 0 heterocycles. The van der Waals surface area contributed by atoms with Crippen molar-refractivity contribution in [3.8, 4) is 0 Å². The zero-order valence-electron chi connectivity index (χ0n) is 35.4. The van der Waals surface area contributed by atoms with Crippen LogP contribution in [-0.4, -0.2) is 65.7 Å². The second kappa shape index (κ2) is 40.9. The van der Waals surface area contributed by atoms with Crippen molar-refractivity contribution < 1.29 is 47.8 Å². The Labute approximate surface area is 336 Å². The smallest absolute Gasteiger partial charge is 0.462 e. The first-order chi connectivity index (χ1) is 26.7. The fourth-order valence-electron chi connectivity index (χ4n) is 6.39. The second-order valence-electron chi connectivity index (χ2n) is 15.4. The number of aliphatic hydroxyl groups excluding tert-OH is 2. The third kappa shape index (κ3) is 40.7. The number of unbranched alkanes of at least 4 members (excludes halogenated alkanes) is 27. The van der Waals surface area contributed by atoms with Crippen LogP contribution in [0, 0.1) is 0 Å². The predicted octanol–water partition coefficient (Wildman–Crippen LogP) is 12.0. The van der Waals surface area contributed by atoms with Crippen molar-refractivity contribution in [1.29, 1.82) is 0 Å². The number of aliphatic hydroxyl groups is 2. The lowest BCUT2D eigenvalue weighted by Gasteiger charge is -2.20. The van der Waals surface area contributed by atoms with Crippen LogP contribution < -0.4 is 0 Å². The zero-order valence-corrected chi connectivity index (χ0v) is 36.3. The van der Waals surface area contributed by atoms with Crippen LogP contribution in [0.15, 0.2) is 12.2 Å². The van der Waals surface area contributed by atoms with Gasteiger partial charge in [0.25, 0.3) is 0 Å². The van der Waals surface area contributed by atoms with E-state index in [0.717, 1.165) is 57.8 Å². The summed E-state index contributed by atoms with van der Waals surface area (Å²) in [7, 11) is -4.61. The lowest BCUT2D eigenvalue weighted by molar-refractivity contribution is -0.161. The third-order valence-corrected chi connectivity index (χ3v) is 10.9. The van der Waals surface area contributed by atoms with E-state index in [1.165, 1.54) is 122 Å². The topological polar surface area (TPSA) is 149 Å². The van der Waals surface area contributed by atoms with E-state index in [0.29, 0.717) is 12.8 Å². The van der Waals surface area contributed by atoms with Gasteiger partial charge in [-0.1, -0.05) is 187 Å². The van der Waals surface area contributed by atoms with E-state index < -0.39 is 51.8 Å². The minimum atomic E-state index is -4.61.